The molecule has 0 fully saturated rings. The lowest BCUT2D eigenvalue weighted by Crippen LogP contribution is -2.23. The molecule has 3 aromatic rings. The van der Waals surface area contributed by atoms with Gasteiger partial charge >= 0.3 is 0 Å². The van der Waals surface area contributed by atoms with Crippen LogP contribution in [0.25, 0.3) is 11.3 Å². The molecule has 0 aliphatic heterocycles. The van der Waals surface area contributed by atoms with Crippen molar-refractivity contribution in [2.45, 2.75) is 11.4 Å². The van der Waals surface area contributed by atoms with Gasteiger partial charge in [-0.3, -0.25) is 4.98 Å². The molecule has 0 aliphatic rings. The predicted molar refractivity (Wildman–Crippen MR) is 82.4 cm³/mol. The zero-order valence-corrected chi connectivity index (χ0v) is 12.5. The van der Waals surface area contributed by atoms with Crippen molar-refractivity contribution in [2.24, 2.45) is 0 Å². The number of rotatable bonds is 5. The van der Waals surface area contributed by atoms with Gasteiger partial charge in [0.05, 0.1) is 11.2 Å². The first-order valence-electron chi connectivity index (χ1n) is 6.68. The van der Waals surface area contributed by atoms with Crippen LogP contribution in [-0.4, -0.2) is 13.4 Å². The highest BCUT2D eigenvalue weighted by Crippen LogP contribution is 2.19. The molecular formula is C16H14N2O3S. The lowest BCUT2D eigenvalue weighted by atomic mass is 10.2. The largest absolute Gasteiger partial charge is 0.464 e. The van der Waals surface area contributed by atoms with E-state index < -0.39 is 10.0 Å². The first-order chi connectivity index (χ1) is 10.6. The van der Waals surface area contributed by atoms with Gasteiger partial charge in [-0.25, -0.2) is 13.1 Å². The predicted octanol–water partition coefficient (Wildman–Crippen LogP) is 2.82. The van der Waals surface area contributed by atoms with Gasteiger partial charge in [0.1, 0.15) is 5.76 Å². The summed E-state index contributed by atoms with van der Waals surface area (Å²) in [5.41, 5.74) is 1.56. The highest BCUT2D eigenvalue weighted by atomic mass is 32.2. The highest BCUT2D eigenvalue weighted by molar-refractivity contribution is 7.89. The molecule has 0 bridgehead atoms. The standard InChI is InChI=1S/C16H14N2O3S/c19-22(20,15-5-2-1-3-6-15)18-11-13-9-14(12-17-10-13)16-7-4-8-21-16/h1-10,12,18H,11H2. The Hall–Kier alpha value is -2.44. The SMILES string of the molecule is O=S(=O)(NCc1cncc(-c2ccco2)c1)c1ccccc1. The summed E-state index contributed by atoms with van der Waals surface area (Å²) in [4.78, 5) is 4.36. The minimum Gasteiger partial charge on any atom is -0.464 e. The molecule has 3 rings (SSSR count). The van der Waals surface area contributed by atoms with Crippen LogP contribution in [-0.2, 0) is 16.6 Å². The van der Waals surface area contributed by atoms with E-state index in [0.717, 1.165) is 11.1 Å². The van der Waals surface area contributed by atoms with E-state index in [2.05, 4.69) is 9.71 Å². The van der Waals surface area contributed by atoms with Gasteiger partial charge in [0.2, 0.25) is 10.0 Å². The van der Waals surface area contributed by atoms with Crippen LogP contribution < -0.4 is 4.72 Å². The highest BCUT2D eigenvalue weighted by Gasteiger charge is 2.13. The Morgan fingerprint density at radius 1 is 1.05 bits per heavy atom. The Kier molecular flexibility index (Phi) is 4.04. The zero-order valence-electron chi connectivity index (χ0n) is 11.6. The molecule has 0 atom stereocenters. The summed E-state index contributed by atoms with van der Waals surface area (Å²) in [5, 5.41) is 0. The van der Waals surface area contributed by atoms with Gasteiger partial charge in [-0.1, -0.05) is 18.2 Å². The summed E-state index contributed by atoms with van der Waals surface area (Å²) in [6.45, 7) is 0.165. The Bertz CT molecular complexity index is 844. The Balaban J connectivity index is 1.76. The van der Waals surface area contributed by atoms with Crippen LogP contribution in [0, 0.1) is 0 Å². The zero-order chi connectivity index (χ0) is 15.4. The van der Waals surface area contributed by atoms with E-state index in [4.69, 9.17) is 4.42 Å². The molecule has 2 heterocycles. The number of nitrogens with zero attached hydrogens (tertiary/aromatic N) is 1. The van der Waals surface area contributed by atoms with Crippen LogP contribution in [0.1, 0.15) is 5.56 Å². The maximum Gasteiger partial charge on any atom is 0.240 e. The van der Waals surface area contributed by atoms with E-state index >= 15 is 0 Å². The molecule has 0 radical (unpaired) electrons. The van der Waals surface area contributed by atoms with Crippen molar-refractivity contribution < 1.29 is 12.8 Å². The summed E-state index contributed by atoms with van der Waals surface area (Å²) in [6, 6.07) is 13.7. The van der Waals surface area contributed by atoms with Crippen molar-refractivity contribution in [1.29, 1.82) is 0 Å². The molecule has 0 amide bonds. The summed E-state index contributed by atoms with van der Waals surface area (Å²) in [7, 11) is -3.53. The fraction of sp³-hybridized carbons (Fsp3) is 0.0625. The third-order valence-electron chi connectivity index (χ3n) is 3.12. The number of benzene rings is 1. The van der Waals surface area contributed by atoms with Crippen LogP contribution in [0.5, 0.6) is 0 Å². The maximum atomic E-state index is 12.2. The molecule has 0 aliphatic carbocycles. The second-order valence-corrected chi connectivity index (χ2v) is 6.46. The van der Waals surface area contributed by atoms with Crippen molar-refractivity contribution in [3.63, 3.8) is 0 Å². The van der Waals surface area contributed by atoms with Crippen LogP contribution in [0.3, 0.4) is 0 Å². The third kappa shape index (κ3) is 3.24. The van der Waals surface area contributed by atoms with E-state index in [1.54, 1.807) is 55.1 Å². The van der Waals surface area contributed by atoms with Crippen molar-refractivity contribution in [2.75, 3.05) is 0 Å². The first-order valence-corrected chi connectivity index (χ1v) is 8.16. The molecule has 0 unspecified atom stereocenters. The third-order valence-corrected chi connectivity index (χ3v) is 4.54. The molecule has 112 valence electrons. The molecule has 6 heteroatoms. The quantitative estimate of drug-likeness (QED) is 0.786. The van der Waals surface area contributed by atoms with E-state index in [1.807, 2.05) is 12.1 Å². The normalized spacial score (nSPS) is 11.5. The summed E-state index contributed by atoms with van der Waals surface area (Å²) in [5.74, 6) is 0.695. The topological polar surface area (TPSA) is 72.2 Å². The van der Waals surface area contributed by atoms with Crippen LogP contribution in [0.2, 0.25) is 0 Å². The van der Waals surface area contributed by atoms with Gasteiger partial charge in [-0.05, 0) is 35.9 Å². The molecule has 5 nitrogen and oxygen atoms in total. The molecule has 2 aromatic heterocycles. The van der Waals surface area contributed by atoms with Crippen LogP contribution in [0.15, 0.2) is 76.5 Å². The second-order valence-electron chi connectivity index (χ2n) is 4.70. The Morgan fingerprint density at radius 3 is 2.59 bits per heavy atom. The molecule has 0 saturated carbocycles. The van der Waals surface area contributed by atoms with E-state index in [-0.39, 0.29) is 11.4 Å². The number of sulfonamides is 1. The Morgan fingerprint density at radius 2 is 1.86 bits per heavy atom. The fourth-order valence-corrected chi connectivity index (χ4v) is 3.06. The number of pyridine rings is 1. The maximum absolute atomic E-state index is 12.2. The van der Waals surface area contributed by atoms with Gasteiger partial charge in [0.15, 0.2) is 0 Å². The molecule has 0 spiro atoms. The molecule has 22 heavy (non-hydrogen) atoms. The lowest BCUT2D eigenvalue weighted by molar-refractivity contribution is 0.580. The van der Waals surface area contributed by atoms with E-state index in [9.17, 15) is 8.42 Å². The average Bonchev–Trinajstić information content (AvgIpc) is 3.09. The van der Waals surface area contributed by atoms with Crippen molar-refractivity contribution in [3.8, 4) is 11.3 Å². The monoisotopic (exact) mass is 314 g/mol. The van der Waals surface area contributed by atoms with Gasteiger partial charge in [0.25, 0.3) is 0 Å². The van der Waals surface area contributed by atoms with Crippen molar-refractivity contribution in [1.82, 2.24) is 9.71 Å². The van der Waals surface area contributed by atoms with Gasteiger partial charge in [-0.2, -0.15) is 0 Å². The molecule has 0 saturated heterocycles. The van der Waals surface area contributed by atoms with Crippen molar-refractivity contribution in [3.05, 3.63) is 72.8 Å². The van der Waals surface area contributed by atoms with Gasteiger partial charge in [0, 0.05) is 24.5 Å². The smallest absolute Gasteiger partial charge is 0.240 e. The number of hydrogen-bond acceptors (Lipinski definition) is 4. The number of nitrogens with one attached hydrogen (secondary N) is 1. The minimum atomic E-state index is -3.53. The van der Waals surface area contributed by atoms with Crippen LogP contribution >= 0.6 is 0 Å². The minimum absolute atomic E-state index is 0.165. The second kappa shape index (κ2) is 6.13. The Labute approximate surface area is 128 Å². The lowest BCUT2D eigenvalue weighted by Gasteiger charge is -2.07. The van der Waals surface area contributed by atoms with Crippen molar-refractivity contribution >= 4 is 10.0 Å². The van der Waals surface area contributed by atoms with Gasteiger partial charge in [-0.15, -0.1) is 0 Å². The van der Waals surface area contributed by atoms with E-state index in [1.165, 1.54) is 0 Å². The van der Waals surface area contributed by atoms with Crippen LogP contribution in [0.4, 0.5) is 0 Å². The molecule has 1 aromatic carbocycles. The van der Waals surface area contributed by atoms with Gasteiger partial charge < -0.3 is 4.42 Å². The summed E-state index contributed by atoms with van der Waals surface area (Å²) >= 11 is 0. The number of furan rings is 1. The molecular weight excluding hydrogens is 300 g/mol. The summed E-state index contributed by atoms with van der Waals surface area (Å²) in [6.07, 6.45) is 4.88. The van der Waals surface area contributed by atoms with E-state index in [0.29, 0.717) is 5.76 Å². The average molecular weight is 314 g/mol. The number of aromatic nitrogens is 1. The molecule has 1 N–H and O–H groups in total. The fourth-order valence-electron chi connectivity index (χ4n) is 2.02. The number of hydrogen-bond donors (Lipinski definition) is 1. The first kappa shape index (κ1) is 14.5. The summed E-state index contributed by atoms with van der Waals surface area (Å²) < 4.78 is 32.2.